The first kappa shape index (κ1) is 16.0. The van der Waals surface area contributed by atoms with E-state index in [1.807, 2.05) is 41.0 Å². The number of hydrogen-bond donors (Lipinski definition) is 1. The zero-order valence-electron chi connectivity index (χ0n) is 13.8. The van der Waals surface area contributed by atoms with Gasteiger partial charge in [0.15, 0.2) is 0 Å². The van der Waals surface area contributed by atoms with Gasteiger partial charge in [0.1, 0.15) is 0 Å². The Balaban J connectivity index is 1.54. The van der Waals surface area contributed by atoms with Crippen molar-refractivity contribution in [3.8, 4) is 0 Å². The van der Waals surface area contributed by atoms with Crippen molar-refractivity contribution in [1.82, 2.24) is 15.1 Å². The first-order chi connectivity index (χ1) is 11.1. The number of carbonyl (C=O) groups excluding carboxylic acids is 2. The topological polar surface area (TPSA) is 52.7 Å². The van der Waals surface area contributed by atoms with Gasteiger partial charge in [-0.25, -0.2) is 0 Å². The molecule has 2 amide bonds. The van der Waals surface area contributed by atoms with E-state index in [4.69, 9.17) is 0 Å². The van der Waals surface area contributed by atoms with Gasteiger partial charge in [-0.2, -0.15) is 0 Å². The van der Waals surface area contributed by atoms with Crippen molar-refractivity contribution < 1.29 is 9.59 Å². The lowest BCUT2D eigenvalue weighted by atomic mass is 10.0. The average molecular weight is 315 g/mol. The SMILES string of the molecule is Cc1ccc(C(=O)N2CCN(C(=O)C3CCCCN3)CC2)cc1. The molecular formula is C18H25N3O2. The minimum atomic E-state index is -0.0249. The van der Waals surface area contributed by atoms with Crippen molar-refractivity contribution in [2.75, 3.05) is 32.7 Å². The van der Waals surface area contributed by atoms with E-state index in [0.29, 0.717) is 26.2 Å². The monoisotopic (exact) mass is 315 g/mol. The maximum Gasteiger partial charge on any atom is 0.253 e. The number of rotatable bonds is 2. The highest BCUT2D eigenvalue weighted by Crippen LogP contribution is 2.14. The fourth-order valence-corrected chi connectivity index (χ4v) is 3.29. The van der Waals surface area contributed by atoms with Gasteiger partial charge in [0.05, 0.1) is 6.04 Å². The summed E-state index contributed by atoms with van der Waals surface area (Å²) >= 11 is 0. The van der Waals surface area contributed by atoms with Crippen LogP contribution in [0.5, 0.6) is 0 Å². The Morgan fingerprint density at radius 2 is 1.65 bits per heavy atom. The van der Waals surface area contributed by atoms with Crippen molar-refractivity contribution in [1.29, 1.82) is 0 Å². The van der Waals surface area contributed by atoms with Gasteiger partial charge in [-0.3, -0.25) is 9.59 Å². The largest absolute Gasteiger partial charge is 0.338 e. The van der Waals surface area contributed by atoms with Gasteiger partial charge in [-0.1, -0.05) is 24.1 Å². The number of hydrogen-bond acceptors (Lipinski definition) is 3. The zero-order chi connectivity index (χ0) is 16.2. The molecule has 5 heteroatoms. The van der Waals surface area contributed by atoms with Crippen LogP contribution in [0.25, 0.3) is 0 Å². The Morgan fingerprint density at radius 3 is 2.26 bits per heavy atom. The van der Waals surface area contributed by atoms with Crippen molar-refractivity contribution in [3.05, 3.63) is 35.4 Å². The van der Waals surface area contributed by atoms with Crippen LogP contribution < -0.4 is 5.32 Å². The molecule has 2 aliphatic rings. The number of aryl methyl sites for hydroxylation is 1. The molecular weight excluding hydrogens is 290 g/mol. The van der Waals surface area contributed by atoms with Gasteiger partial charge < -0.3 is 15.1 Å². The molecule has 2 aliphatic heterocycles. The predicted molar refractivity (Wildman–Crippen MR) is 89.3 cm³/mol. The molecule has 2 saturated heterocycles. The number of nitrogens with zero attached hydrogens (tertiary/aromatic N) is 2. The molecule has 1 N–H and O–H groups in total. The zero-order valence-corrected chi connectivity index (χ0v) is 13.8. The lowest BCUT2D eigenvalue weighted by molar-refractivity contribution is -0.135. The summed E-state index contributed by atoms with van der Waals surface area (Å²) in [6, 6.07) is 7.65. The van der Waals surface area contributed by atoms with E-state index in [9.17, 15) is 9.59 Å². The molecule has 0 bridgehead atoms. The molecule has 124 valence electrons. The maximum absolute atomic E-state index is 12.5. The molecule has 0 saturated carbocycles. The first-order valence-corrected chi connectivity index (χ1v) is 8.53. The summed E-state index contributed by atoms with van der Waals surface area (Å²) in [5.74, 6) is 0.264. The van der Waals surface area contributed by atoms with Crippen LogP contribution in [0, 0.1) is 6.92 Å². The van der Waals surface area contributed by atoms with E-state index in [1.54, 1.807) is 0 Å². The molecule has 0 radical (unpaired) electrons. The number of piperazine rings is 1. The van der Waals surface area contributed by atoms with Crippen LogP contribution in [0.1, 0.15) is 35.2 Å². The summed E-state index contributed by atoms with van der Waals surface area (Å²) in [6.45, 7) is 5.44. The average Bonchev–Trinajstić information content (AvgIpc) is 2.62. The molecule has 2 heterocycles. The Kier molecular flexibility index (Phi) is 4.96. The number of benzene rings is 1. The maximum atomic E-state index is 12.5. The Hall–Kier alpha value is -1.88. The third-order valence-corrected chi connectivity index (χ3v) is 4.79. The second kappa shape index (κ2) is 7.13. The van der Waals surface area contributed by atoms with E-state index in [2.05, 4.69) is 5.32 Å². The third-order valence-electron chi connectivity index (χ3n) is 4.79. The van der Waals surface area contributed by atoms with Crippen LogP contribution >= 0.6 is 0 Å². The van der Waals surface area contributed by atoms with Gasteiger partial charge in [0.25, 0.3) is 5.91 Å². The second-order valence-electron chi connectivity index (χ2n) is 6.49. The van der Waals surface area contributed by atoms with Crippen LogP contribution in [0.3, 0.4) is 0 Å². The molecule has 0 aromatic heterocycles. The fourth-order valence-electron chi connectivity index (χ4n) is 3.29. The minimum absolute atomic E-state index is 0.0249. The van der Waals surface area contributed by atoms with E-state index in [1.165, 1.54) is 0 Å². The van der Waals surface area contributed by atoms with Crippen LogP contribution in [0.15, 0.2) is 24.3 Å². The Labute approximate surface area is 137 Å². The van der Waals surface area contributed by atoms with Crippen LogP contribution in [0.2, 0.25) is 0 Å². The third kappa shape index (κ3) is 3.72. The van der Waals surface area contributed by atoms with Gasteiger partial charge in [0, 0.05) is 31.7 Å². The molecule has 0 spiro atoms. The van der Waals surface area contributed by atoms with Crippen molar-refractivity contribution in [2.45, 2.75) is 32.2 Å². The molecule has 1 aromatic rings. The van der Waals surface area contributed by atoms with Gasteiger partial charge >= 0.3 is 0 Å². The van der Waals surface area contributed by atoms with E-state index in [0.717, 1.165) is 36.9 Å². The highest BCUT2D eigenvalue weighted by Gasteiger charge is 2.29. The van der Waals surface area contributed by atoms with E-state index >= 15 is 0 Å². The summed E-state index contributed by atoms with van der Waals surface area (Å²) in [5.41, 5.74) is 1.88. The molecule has 23 heavy (non-hydrogen) atoms. The summed E-state index contributed by atoms with van der Waals surface area (Å²) in [7, 11) is 0. The number of nitrogens with one attached hydrogen (secondary N) is 1. The van der Waals surface area contributed by atoms with Crippen molar-refractivity contribution >= 4 is 11.8 Å². The second-order valence-corrected chi connectivity index (χ2v) is 6.49. The van der Waals surface area contributed by atoms with Crippen LogP contribution in [0.4, 0.5) is 0 Å². The lowest BCUT2D eigenvalue weighted by Gasteiger charge is -2.37. The first-order valence-electron chi connectivity index (χ1n) is 8.53. The summed E-state index contributed by atoms with van der Waals surface area (Å²) in [6.07, 6.45) is 3.21. The normalized spacial score (nSPS) is 22.0. The molecule has 0 aliphatic carbocycles. The van der Waals surface area contributed by atoms with Crippen LogP contribution in [-0.4, -0.2) is 60.4 Å². The number of amides is 2. The van der Waals surface area contributed by atoms with Gasteiger partial charge in [-0.15, -0.1) is 0 Å². The van der Waals surface area contributed by atoms with E-state index in [-0.39, 0.29) is 17.9 Å². The number of piperidine rings is 1. The summed E-state index contributed by atoms with van der Waals surface area (Å²) in [5, 5.41) is 3.31. The Bertz CT molecular complexity index is 556. The lowest BCUT2D eigenvalue weighted by Crippen LogP contribution is -2.55. The fraction of sp³-hybridized carbons (Fsp3) is 0.556. The van der Waals surface area contributed by atoms with E-state index < -0.39 is 0 Å². The van der Waals surface area contributed by atoms with Crippen molar-refractivity contribution in [3.63, 3.8) is 0 Å². The molecule has 2 fully saturated rings. The predicted octanol–water partition coefficient (Wildman–Crippen LogP) is 1.42. The smallest absolute Gasteiger partial charge is 0.253 e. The van der Waals surface area contributed by atoms with Crippen molar-refractivity contribution in [2.24, 2.45) is 0 Å². The summed E-state index contributed by atoms with van der Waals surface area (Å²) in [4.78, 5) is 28.8. The highest BCUT2D eigenvalue weighted by atomic mass is 16.2. The highest BCUT2D eigenvalue weighted by molar-refractivity contribution is 5.94. The molecule has 3 rings (SSSR count). The minimum Gasteiger partial charge on any atom is -0.338 e. The summed E-state index contributed by atoms with van der Waals surface area (Å²) < 4.78 is 0. The van der Waals surface area contributed by atoms with Gasteiger partial charge in [0.2, 0.25) is 5.91 Å². The molecule has 1 unspecified atom stereocenters. The molecule has 5 nitrogen and oxygen atoms in total. The Morgan fingerprint density at radius 1 is 1.00 bits per heavy atom. The quantitative estimate of drug-likeness (QED) is 0.898. The standard InChI is InChI=1S/C18H25N3O2/c1-14-5-7-15(8-6-14)17(22)20-10-12-21(13-11-20)18(23)16-4-2-3-9-19-16/h5-8,16,19H,2-4,9-13H2,1H3. The molecule has 1 atom stereocenters. The number of carbonyl (C=O) groups is 2. The molecule has 1 aromatic carbocycles. The van der Waals surface area contributed by atoms with Crippen LogP contribution in [-0.2, 0) is 4.79 Å². The van der Waals surface area contributed by atoms with Gasteiger partial charge in [-0.05, 0) is 38.4 Å².